The van der Waals surface area contributed by atoms with E-state index in [1.54, 1.807) is 0 Å². The molecule has 0 amide bonds. The highest BCUT2D eigenvalue weighted by atomic mass is 15.0. The van der Waals surface area contributed by atoms with Crippen LogP contribution in [0.3, 0.4) is 0 Å². The molecule has 0 saturated carbocycles. The van der Waals surface area contributed by atoms with E-state index in [0.717, 1.165) is 0 Å². The Labute approximate surface area is 281 Å². The van der Waals surface area contributed by atoms with Crippen molar-refractivity contribution in [3.05, 3.63) is 152 Å². The summed E-state index contributed by atoms with van der Waals surface area (Å²) in [5, 5.41) is 15.7. The van der Waals surface area contributed by atoms with Crippen LogP contribution in [0.4, 0.5) is 0 Å². The number of benzene rings is 9. The van der Waals surface area contributed by atoms with Crippen LogP contribution in [-0.2, 0) is 0 Å². The van der Waals surface area contributed by atoms with Crippen molar-refractivity contribution in [1.82, 2.24) is 9.13 Å². The summed E-state index contributed by atoms with van der Waals surface area (Å²) in [6.07, 6.45) is 0. The van der Waals surface area contributed by atoms with Gasteiger partial charge in [-0.2, -0.15) is 0 Å². The third-order valence-corrected chi connectivity index (χ3v) is 11.8. The first-order valence-corrected chi connectivity index (χ1v) is 17.2. The molecule has 0 aliphatic carbocycles. The van der Waals surface area contributed by atoms with Gasteiger partial charge in [0.05, 0.1) is 22.1 Å². The van der Waals surface area contributed by atoms with Gasteiger partial charge in [-0.3, -0.25) is 0 Å². The fourth-order valence-corrected chi connectivity index (χ4v) is 9.99. The van der Waals surface area contributed by atoms with E-state index >= 15 is 0 Å². The summed E-state index contributed by atoms with van der Waals surface area (Å²) in [5.74, 6) is 0. The molecule has 0 N–H and O–H groups in total. The average Bonchev–Trinajstić information content (AvgIpc) is 3.71. The number of fused-ring (bicyclic) bond motifs is 18. The average molecular weight is 617 g/mol. The minimum absolute atomic E-state index is 0.0940. The zero-order chi connectivity index (χ0) is 31.5. The van der Waals surface area contributed by atoms with E-state index in [1.807, 2.05) is 0 Å². The van der Waals surface area contributed by atoms with Crippen molar-refractivity contribution in [2.45, 2.75) is 0 Å². The first-order valence-electron chi connectivity index (χ1n) is 17.2. The van der Waals surface area contributed by atoms with E-state index in [-0.39, 0.29) is 6.71 Å². The van der Waals surface area contributed by atoms with Gasteiger partial charge >= 0.3 is 0 Å². The summed E-state index contributed by atoms with van der Waals surface area (Å²) in [6.45, 7) is 0.0940. The second-order valence-electron chi connectivity index (χ2n) is 14.0. The van der Waals surface area contributed by atoms with Gasteiger partial charge in [0.25, 0.3) is 6.71 Å². The molecule has 49 heavy (non-hydrogen) atoms. The van der Waals surface area contributed by atoms with Gasteiger partial charge in [0.1, 0.15) is 0 Å². The van der Waals surface area contributed by atoms with Crippen LogP contribution < -0.4 is 16.4 Å². The molecule has 11 aromatic rings. The molecule has 222 valence electrons. The van der Waals surface area contributed by atoms with Crippen molar-refractivity contribution in [2.24, 2.45) is 0 Å². The van der Waals surface area contributed by atoms with E-state index in [0.29, 0.717) is 0 Å². The second kappa shape index (κ2) is 8.39. The van der Waals surface area contributed by atoms with Gasteiger partial charge in [-0.1, -0.05) is 140 Å². The summed E-state index contributed by atoms with van der Waals surface area (Å²) in [5.41, 5.74) is 12.0. The Bertz CT molecular complexity index is 3120. The molecule has 0 fully saturated rings. The molecule has 3 heteroatoms. The fourth-order valence-electron chi connectivity index (χ4n) is 9.99. The first-order chi connectivity index (χ1) is 24.3. The summed E-state index contributed by atoms with van der Waals surface area (Å²) in [6, 6.07) is 57.2. The van der Waals surface area contributed by atoms with Crippen molar-refractivity contribution in [2.75, 3.05) is 0 Å². The van der Waals surface area contributed by atoms with Crippen molar-refractivity contribution in [1.29, 1.82) is 0 Å². The number of hydrogen-bond donors (Lipinski definition) is 0. The molecule has 0 radical (unpaired) electrons. The summed E-state index contributed by atoms with van der Waals surface area (Å²) in [7, 11) is 0. The molecule has 0 spiro atoms. The third-order valence-electron chi connectivity index (χ3n) is 11.8. The van der Waals surface area contributed by atoms with Gasteiger partial charge in [-0.25, -0.2) is 0 Å². The quantitative estimate of drug-likeness (QED) is 0.150. The Morgan fingerprint density at radius 1 is 0.327 bits per heavy atom. The van der Waals surface area contributed by atoms with Crippen LogP contribution in [0, 0.1) is 0 Å². The Morgan fingerprint density at radius 2 is 0.755 bits per heavy atom. The summed E-state index contributed by atoms with van der Waals surface area (Å²) in [4.78, 5) is 0. The summed E-state index contributed by atoms with van der Waals surface area (Å²) < 4.78 is 5.24. The van der Waals surface area contributed by atoms with Crippen molar-refractivity contribution >= 4 is 110 Å². The third kappa shape index (κ3) is 2.78. The minimum Gasteiger partial charge on any atom is -0.310 e. The van der Waals surface area contributed by atoms with Gasteiger partial charge in [0.15, 0.2) is 0 Å². The molecule has 0 saturated heterocycles. The SMILES string of the molecule is c1cc2c3c(c1)-n1c4c(cc5ccccc5c4c4ccc5ccccc5c41)B3c1cc3ccccc3c3c4ccc5ccccc5c4n-2c13. The second-order valence-corrected chi connectivity index (χ2v) is 14.0. The van der Waals surface area contributed by atoms with Crippen LogP contribution in [0.5, 0.6) is 0 Å². The lowest BCUT2D eigenvalue weighted by molar-refractivity contribution is 1.15. The first kappa shape index (κ1) is 24.8. The van der Waals surface area contributed by atoms with E-state index in [4.69, 9.17) is 0 Å². The van der Waals surface area contributed by atoms with E-state index in [1.165, 1.54) is 114 Å². The van der Waals surface area contributed by atoms with Gasteiger partial charge in [0.2, 0.25) is 0 Å². The van der Waals surface area contributed by atoms with E-state index < -0.39 is 0 Å². The molecule has 2 nitrogen and oxygen atoms in total. The predicted octanol–water partition coefficient (Wildman–Crippen LogP) is 9.64. The van der Waals surface area contributed by atoms with Crippen molar-refractivity contribution < 1.29 is 0 Å². The molecular weight excluding hydrogens is 591 g/mol. The topological polar surface area (TPSA) is 9.86 Å². The minimum atomic E-state index is 0.0940. The number of nitrogens with zero attached hydrogens (tertiary/aromatic N) is 2. The van der Waals surface area contributed by atoms with Crippen molar-refractivity contribution in [3.8, 4) is 11.4 Å². The lowest BCUT2D eigenvalue weighted by atomic mass is 9.34. The van der Waals surface area contributed by atoms with Gasteiger partial charge in [0, 0.05) is 43.7 Å². The number of aromatic nitrogens is 2. The summed E-state index contributed by atoms with van der Waals surface area (Å²) >= 11 is 0. The lowest BCUT2D eigenvalue weighted by Crippen LogP contribution is -2.59. The number of rotatable bonds is 0. The molecule has 4 heterocycles. The molecule has 2 aliphatic rings. The number of hydrogen-bond acceptors (Lipinski definition) is 0. The van der Waals surface area contributed by atoms with Crippen LogP contribution in [-0.4, -0.2) is 15.8 Å². The highest BCUT2D eigenvalue weighted by Gasteiger charge is 2.41. The van der Waals surface area contributed by atoms with Crippen LogP contribution in [0.25, 0.3) is 98.1 Å². The van der Waals surface area contributed by atoms with Gasteiger partial charge in [-0.15, -0.1) is 0 Å². The molecule has 0 unspecified atom stereocenters. The Kier molecular flexibility index (Phi) is 4.25. The maximum absolute atomic E-state index is 2.62. The lowest BCUT2D eigenvalue weighted by Gasteiger charge is -2.34. The molecule has 0 atom stereocenters. The molecule has 2 aromatic heterocycles. The predicted molar refractivity (Wildman–Crippen MR) is 210 cm³/mol. The van der Waals surface area contributed by atoms with Crippen LogP contribution in [0.15, 0.2) is 152 Å². The molecule has 2 aliphatic heterocycles. The zero-order valence-electron chi connectivity index (χ0n) is 26.4. The highest BCUT2D eigenvalue weighted by Crippen LogP contribution is 2.45. The molecular formula is C46H25BN2. The Balaban J connectivity index is 1.34. The molecule has 0 bridgehead atoms. The van der Waals surface area contributed by atoms with E-state index in [9.17, 15) is 0 Å². The van der Waals surface area contributed by atoms with Crippen molar-refractivity contribution in [3.63, 3.8) is 0 Å². The standard InChI is InChI=1S/C46H25BN2/c1-7-16-32-26(10-1)20-22-34-40-30-14-5-3-12-28(30)24-36-45(40)48(43(32)34)38-18-9-19-39-42(38)47(36)37-25-29-13-4-6-15-31(29)41-35-23-21-27-11-2-8-17-33(27)44(35)49(39)46(37)41/h1-25H. The largest absolute Gasteiger partial charge is 0.310 e. The molecule has 9 aromatic carbocycles. The molecule has 13 rings (SSSR count). The zero-order valence-corrected chi connectivity index (χ0v) is 26.4. The van der Waals surface area contributed by atoms with E-state index in [2.05, 4.69) is 161 Å². The Morgan fingerprint density at radius 3 is 1.24 bits per heavy atom. The maximum Gasteiger partial charge on any atom is 0.252 e. The van der Waals surface area contributed by atoms with Crippen LogP contribution in [0.2, 0.25) is 0 Å². The highest BCUT2D eigenvalue weighted by molar-refractivity contribution is 7.00. The monoisotopic (exact) mass is 616 g/mol. The smallest absolute Gasteiger partial charge is 0.252 e. The van der Waals surface area contributed by atoms with Crippen LogP contribution in [0.1, 0.15) is 0 Å². The normalized spacial score (nSPS) is 13.3. The van der Waals surface area contributed by atoms with Crippen LogP contribution >= 0.6 is 0 Å². The maximum atomic E-state index is 2.62. The van der Waals surface area contributed by atoms with Gasteiger partial charge in [-0.05, 0) is 60.8 Å². The van der Waals surface area contributed by atoms with Gasteiger partial charge < -0.3 is 9.13 Å². The Hall–Kier alpha value is -6.32. The fraction of sp³-hybridized carbons (Fsp3) is 0.